The van der Waals surface area contributed by atoms with Crippen molar-refractivity contribution in [2.24, 2.45) is 0 Å². The molecule has 0 aliphatic heterocycles. The van der Waals surface area contributed by atoms with Gasteiger partial charge in [0.05, 0.1) is 16.7 Å². The Labute approximate surface area is 110 Å². The molecule has 3 nitrogen and oxygen atoms in total. The van der Waals surface area contributed by atoms with Crippen LogP contribution in [0.3, 0.4) is 0 Å². The van der Waals surface area contributed by atoms with Crippen molar-refractivity contribution < 1.29 is 0 Å². The molecule has 0 aliphatic carbocycles. The topological polar surface area (TPSA) is 43.8 Å². The summed E-state index contributed by atoms with van der Waals surface area (Å²) in [6, 6.07) is 8.19. The molecule has 5 heteroatoms. The van der Waals surface area contributed by atoms with Crippen LogP contribution in [0.25, 0.3) is 16.7 Å². The van der Waals surface area contributed by atoms with Gasteiger partial charge in [0.25, 0.3) is 0 Å². The Bertz CT molecular complexity index is 643. The zero-order valence-corrected chi connectivity index (χ0v) is 11.2. The lowest BCUT2D eigenvalue weighted by molar-refractivity contribution is 1.12. The number of anilines is 1. The fraction of sp³-hybridized carbons (Fsp3) is 0. The van der Waals surface area contributed by atoms with Gasteiger partial charge in [-0.05, 0) is 52.2 Å². The largest absolute Gasteiger partial charge is 0.369 e. The Hall–Kier alpha value is -1.08. The molecule has 1 aromatic carbocycles. The number of hydrogen-bond acceptors (Lipinski definition) is 3. The number of imidazole rings is 1. The van der Waals surface area contributed by atoms with Crippen LogP contribution in [0.5, 0.6) is 0 Å². The van der Waals surface area contributed by atoms with E-state index in [4.69, 9.17) is 5.73 Å². The maximum Gasteiger partial charge on any atom is 0.205 e. The highest BCUT2D eigenvalue weighted by molar-refractivity contribution is 14.1. The van der Waals surface area contributed by atoms with Gasteiger partial charge < -0.3 is 5.73 Å². The highest BCUT2D eigenvalue weighted by atomic mass is 127. The fourth-order valence-electron chi connectivity index (χ4n) is 1.73. The number of nitrogens with two attached hydrogens (primary N) is 1. The predicted molar refractivity (Wildman–Crippen MR) is 76.1 cm³/mol. The van der Waals surface area contributed by atoms with E-state index in [2.05, 4.69) is 45.1 Å². The molecule has 0 saturated heterocycles. The smallest absolute Gasteiger partial charge is 0.205 e. The van der Waals surface area contributed by atoms with Crippen molar-refractivity contribution in [1.82, 2.24) is 9.55 Å². The number of halogens is 1. The minimum Gasteiger partial charge on any atom is -0.369 e. The summed E-state index contributed by atoms with van der Waals surface area (Å²) in [6.07, 6.45) is 0. The van der Waals surface area contributed by atoms with Crippen LogP contribution in [0, 0.1) is 3.57 Å². The van der Waals surface area contributed by atoms with Gasteiger partial charge in [0, 0.05) is 8.95 Å². The van der Waals surface area contributed by atoms with Gasteiger partial charge in [-0.3, -0.25) is 4.57 Å². The van der Waals surface area contributed by atoms with Crippen LogP contribution < -0.4 is 5.73 Å². The third-order valence-electron chi connectivity index (χ3n) is 2.41. The summed E-state index contributed by atoms with van der Waals surface area (Å²) >= 11 is 3.93. The SMILES string of the molecule is Nc1nc2cc(I)ccc2n1-c1ccsc1. The van der Waals surface area contributed by atoms with E-state index >= 15 is 0 Å². The highest BCUT2D eigenvalue weighted by Crippen LogP contribution is 2.25. The number of fused-ring (bicyclic) bond motifs is 1. The molecule has 0 fully saturated rings. The predicted octanol–water partition coefficient (Wildman–Crippen LogP) is 3.27. The van der Waals surface area contributed by atoms with Crippen LogP contribution in [-0.2, 0) is 0 Å². The summed E-state index contributed by atoms with van der Waals surface area (Å²) in [6.45, 7) is 0. The van der Waals surface area contributed by atoms with Gasteiger partial charge in [-0.2, -0.15) is 11.3 Å². The number of nitrogen functional groups attached to an aromatic ring is 1. The summed E-state index contributed by atoms with van der Waals surface area (Å²) in [5, 5.41) is 4.10. The highest BCUT2D eigenvalue weighted by Gasteiger charge is 2.09. The van der Waals surface area contributed by atoms with Gasteiger partial charge in [0.1, 0.15) is 0 Å². The molecular formula is C11H8IN3S. The first-order valence-corrected chi connectivity index (χ1v) is 6.74. The standard InChI is InChI=1S/C11H8IN3S/c12-7-1-2-10-9(5-7)14-11(13)15(10)8-3-4-16-6-8/h1-6H,(H2,13,14). The molecule has 2 N–H and O–H groups in total. The fourth-order valence-corrected chi connectivity index (χ4v) is 2.82. The van der Waals surface area contributed by atoms with Crippen molar-refractivity contribution >= 4 is 50.9 Å². The third kappa shape index (κ3) is 1.51. The molecule has 2 aromatic heterocycles. The molecule has 0 radical (unpaired) electrons. The maximum atomic E-state index is 5.95. The van der Waals surface area contributed by atoms with Crippen LogP contribution in [0.4, 0.5) is 5.95 Å². The number of hydrogen-bond donors (Lipinski definition) is 1. The van der Waals surface area contributed by atoms with E-state index in [1.54, 1.807) is 11.3 Å². The quantitative estimate of drug-likeness (QED) is 0.691. The molecule has 0 atom stereocenters. The summed E-state index contributed by atoms with van der Waals surface area (Å²) in [5.74, 6) is 0.537. The van der Waals surface area contributed by atoms with Gasteiger partial charge in [0.15, 0.2) is 0 Å². The lowest BCUT2D eigenvalue weighted by atomic mass is 10.3. The molecule has 0 aliphatic rings. The minimum atomic E-state index is 0.537. The molecule has 16 heavy (non-hydrogen) atoms. The molecule has 80 valence electrons. The first kappa shape index (κ1) is 10.1. The lowest BCUT2D eigenvalue weighted by Gasteiger charge is -2.02. The van der Waals surface area contributed by atoms with E-state index in [-0.39, 0.29) is 0 Å². The van der Waals surface area contributed by atoms with Crippen LogP contribution in [0.1, 0.15) is 0 Å². The summed E-state index contributed by atoms with van der Waals surface area (Å²) in [5.41, 5.74) is 9.02. The van der Waals surface area contributed by atoms with Crippen molar-refractivity contribution in [2.75, 3.05) is 5.73 Å². The average molecular weight is 341 g/mol. The van der Waals surface area contributed by atoms with Crippen molar-refractivity contribution in [3.63, 3.8) is 0 Å². The summed E-state index contributed by atoms with van der Waals surface area (Å²) in [4.78, 5) is 4.37. The van der Waals surface area contributed by atoms with Crippen LogP contribution in [0.15, 0.2) is 35.0 Å². The number of nitrogens with zero attached hydrogens (tertiary/aromatic N) is 2. The van der Waals surface area contributed by atoms with Gasteiger partial charge in [-0.25, -0.2) is 4.98 Å². The molecule has 0 amide bonds. The van der Waals surface area contributed by atoms with E-state index in [0.29, 0.717) is 5.95 Å². The van der Waals surface area contributed by atoms with Crippen molar-refractivity contribution in [1.29, 1.82) is 0 Å². The van der Waals surface area contributed by atoms with E-state index in [9.17, 15) is 0 Å². The number of benzene rings is 1. The van der Waals surface area contributed by atoms with E-state index in [1.165, 1.54) is 3.57 Å². The first-order valence-electron chi connectivity index (χ1n) is 4.72. The summed E-state index contributed by atoms with van der Waals surface area (Å²) < 4.78 is 3.14. The van der Waals surface area contributed by atoms with Crippen LogP contribution in [-0.4, -0.2) is 9.55 Å². The molecule has 0 saturated carbocycles. The lowest BCUT2D eigenvalue weighted by Crippen LogP contribution is -1.98. The second-order valence-corrected chi connectivity index (χ2v) is 5.45. The molecule has 3 rings (SSSR count). The maximum absolute atomic E-state index is 5.95. The number of aromatic nitrogens is 2. The van der Waals surface area contributed by atoms with Gasteiger partial charge in [0.2, 0.25) is 5.95 Å². The molecule has 0 spiro atoms. The normalized spacial score (nSPS) is 11.1. The average Bonchev–Trinajstić information content (AvgIpc) is 2.83. The number of rotatable bonds is 1. The zero-order valence-electron chi connectivity index (χ0n) is 8.22. The molecule has 3 aromatic rings. The molecular weight excluding hydrogens is 333 g/mol. The summed E-state index contributed by atoms with van der Waals surface area (Å²) in [7, 11) is 0. The van der Waals surface area contributed by atoms with E-state index in [1.807, 2.05) is 22.1 Å². The monoisotopic (exact) mass is 341 g/mol. The Morgan fingerprint density at radius 2 is 2.19 bits per heavy atom. The Morgan fingerprint density at radius 3 is 2.94 bits per heavy atom. The molecule has 2 heterocycles. The van der Waals surface area contributed by atoms with E-state index < -0.39 is 0 Å². The Morgan fingerprint density at radius 1 is 1.31 bits per heavy atom. The first-order chi connectivity index (χ1) is 7.75. The van der Waals surface area contributed by atoms with Crippen LogP contribution >= 0.6 is 33.9 Å². The minimum absolute atomic E-state index is 0.537. The number of thiophene rings is 1. The second kappa shape index (κ2) is 3.74. The van der Waals surface area contributed by atoms with Gasteiger partial charge in [-0.1, -0.05) is 0 Å². The zero-order chi connectivity index (χ0) is 11.1. The Balaban J connectivity index is 2.36. The van der Waals surface area contributed by atoms with Crippen molar-refractivity contribution in [3.8, 4) is 5.69 Å². The van der Waals surface area contributed by atoms with Crippen LogP contribution in [0.2, 0.25) is 0 Å². The third-order valence-corrected chi connectivity index (χ3v) is 3.75. The Kier molecular flexibility index (Phi) is 2.36. The van der Waals surface area contributed by atoms with Gasteiger partial charge >= 0.3 is 0 Å². The van der Waals surface area contributed by atoms with Crippen molar-refractivity contribution in [2.45, 2.75) is 0 Å². The molecule has 0 unspecified atom stereocenters. The van der Waals surface area contributed by atoms with E-state index in [0.717, 1.165) is 16.7 Å². The van der Waals surface area contributed by atoms with Gasteiger partial charge in [-0.15, -0.1) is 0 Å². The molecule has 0 bridgehead atoms. The van der Waals surface area contributed by atoms with Crippen molar-refractivity contribution in [3.05, 3.63) is 38.6 Å². The second-order valence-electron chi connectivity index (χ2n) is 3.42.